The summed E-state index contributed by atoms with van der Waals surface area (Å²) >= 11 is 0. The van der Waals surface area contributed by atoms with E-state index < -0.39 is 0 Å². The van der Waals surface area contributed by atoms with Crippen molar-refractivity contribution in [2.75, 3.05) is 33.3 Å². The van der Waals surface area contributed by atoms with Gasteiger partial charge in [-0.1, -0.05) is 6.92 Å². The van der Waals surface area contributed by atoms with Gasteiger partial charge in [-0.25, -0.2) is 4.98 Å². The van der Waals surface area contributed by atoms with Crippen molar-refractivity contribution in [1.82, 2.24) is 25.4 Å². The van der Waals surface area contributed by atoms with Crippen molar-refractivity contribution in [2.45, 2.75) is 19.4 Å². The van der Waals surface area contributed by atoms with Gasteiger partial charge in [0.2, 0.25) is 5.82 Å². The van der Waals surface area contributed by atoms with E-state index in [2.05, 4.69) is 25.4 Å². The molecule has 1 saturated heterocycles. The van der Waals surface area contributed by atoms with Gasteiger partial charge in [-0.3, -0.25) is 9.89 Å². The van der Waals surface area contributed by atoms with E-state index in [4.69, 9.17) is 4.74 Å². The van der Waals surface area contributed by atoms with Crippen LogP contribution in [-0.4, -0.2) is 65.4 Å². The molecule has 1 aromatic rings. The summed E-state index contributed by atoms with van der Waals surface area (Å²) in [5.74, 6) is 0.646. The van der Waals surface area contributed by atoms with Gasteiger partial charge in [-0.15, -0.1) is 5.10 Å². The molecule has 0 saturated carbocycles. The van der Waals surface area contributed by atoms with Crippen molar-refractivity contribution < 1.29 is 9.53 Å². The first kappa shape index (κ1) is 13.0. The van der Waals surface area contributed by atoms with Crippen molar-refractivity contribution in [1.29, 1.82) is 0 Å². The SMILES string of the molecule is CCc1nc(C(=O)NCC2CN(C)CCO2)n[nH]1. The first-order chi connectivity index (χ1) is 8.69. The smallest absolute Gasteiger partial charge is 0.291 e. The average molecular weight is 253 g/mol. The molecule has 0 bridgehead atoms. The van der Waals surface area contributed by atoms with E-state index in [1.54, 1.807) is 0 Å². The summed E-state index contributed by atoms with van der Waals surface area (Å²) in [5, 5.41) is 9.38. The normalized spacial score (nSPS) is 20.9. The molecule has 18 heavy (non-hydrogen) atoms. The molecule has 2 N–H and O–H groups in total. The predicted molar refractivity (Wildman–Crippen MR) is 65.3 cm³/mol. The maximum absolute atomic E-state index is 11.8. The fraction of sp³-hybridized carbons (Fsp3) is 0.727. The van der Waals surface area contributed by atoms with Crippen LogP contribution in [0.3, 0.4) is 0 Å². The summed E-state index contributed by atoms with van der Waals surface area (Å²) < 4.78 is 5.56. The third kappa shape index (κ3) is 3.27. The zero-order valence-electron chi connectivity index (χ0n) is 10.8. The maximum Gasteiger partial charge on any atom is 0.291 e. The van der Waals surface area contributed by atoms with Crippen LogP contribution >= 0.6 is 0 Å². The van der Waals surface area contributed by atoms with Gasteiger partial charge < -0.3 is 15.0 Å². The molecule has 100 valence electrons. The van der Waals surface area contributed by atoms with E-state index in [0.717, 1.165) is 19.5 Å². The van der Waals surface area contributed by atoms with Crippen molar-refractivity contribution >= 4 is 5.91 Å². The topological polar surface area (TPSA) is 83.1 Å². The molecule has 1 unspecified atom stereocenters. The molecule has 0 aliphatic carbocycles. The van der Waals surface area contributed by atoms with Crippen LogP contribution in [0.1, 0.15) is 23.4 Å². The Bertz CT molecular complexity index is 406. The Morgan fingerprint density at radius 2 is 2.50 bits per heavy atom. The van der Waals surface area contributed by atoms with Crippen LogP contribution in [0.25, 0.3) is 0 Å². The van der Waals surface area contributed by atoms with Crippen LogP contribution in [0.15, 0.2) is 0 Å². The number of rotatable bonds is 4. The minimum atomic E-state index is -0.261. The molecule has 1 aliphatic rings. The number of carbonyl (C=O) groups excluding carboxylic acids is 1. The Hall–Kier alpha value is -1.47. The number of aromatic amines is 1. The Kier molecular flexibility index (Phi) is 4.27. The van der Waals surface area contributed by atoms with Gasteiger partial charge in [0.25, 0.3) is 5.91 Å². The van der Waals surface area contributed by atoms with Gasteiger partial charge in [0, 0.05) is 26.1 Å². The highest BCUT2D eigenvalue weighted by atomic mass is 16.5. The minimum absolute atomic E-state index is 0.0392. The third-order valence-corrected chi connectivity index (χ3v) is 2.90. The molecule has 1 aromatic heterocycles. The van der Waals surface area contributed by atoms with E-state index in [0.29, 0.717) is 19.0 Å². The second kappa shape index (κ2) is 5.92. The Labute approximate surface area is 106 Å². The Balaban J connectivity index is 1.80. The summed E-state index contributed by atoms with van der Waals surface area (Å²) in [6, 6.07) is 0. The maximum atomic E-state index is 11.8. The second-order valence-corrected chi connectivity index (χ2v) is 4.42. The number of nitrogens with one attached hydrogen (secondary N) is 2. The van der Waals surface area contributed by atoms with Crippen molar-refractivity contribution in [3.8, 4) is 0 Å². The van der Waals surface area contributed by atoms with Gasteiger partial charge >= 0.3 is 0 Å². The molecular formula is C11H19N5O2. The third-order valence-electron chi connectivity index (χ3n) is 2.90. The van der Waals surface area contributed by atoms with Crippen LogP contribution in [0.2, 0.25) is 0 Å². The highest BCUT2D eigenvalue weighted by molar-refractivity contribution is 5.90. The lowest BCUT2D eigenvalue weighted by Crippen LogP contribution is -2.46. The highest BCUT2D eigenvalue weighted by Gasteiger charge is 2.19. The number of hydrogen-bond acceptors (Lipinski definition) is 5. The molecule has 0 spiro atoms. The van der Waals surface area contributed by atoms with E-state index in [1.165, 1.54) is 0 Å². The molecule has 7 nitrogen and oxygen atoms in total. The van der Waals surface area contributed by atoms with Crippen LogP contribution in [-0.2, 0) is 11.2 Å². The van der Waals surface area contributed by atoms with E-state index in [9.17, 15) is 4.79 Å². The van der Waals surface area contributed by atoms with E-state index in [-0.39, 0.29) is 17.8 Å². The number of nitrogens with zero attached hydrogens (tertiary/aromatic N) is 3. The molecule has 1 atom stereocenters. The van der Waals surface area contributed by atoms with E-state index >= 15 is 0 Å². The Morgan fingerprint density at radius 1 is 1.67 bits per heavy atom. The van der Waals surface area contributed by atoms with Crippen LogP contribution in [0.4, 0.5) is 0 Å². The summed E-state index contributed by atoms with van der Waals surface area (Å²) in [6.07, 6.45) is 0.772. The van der Waals surface area contributed by atoms with Gasteiger partial charge in [-0.05, 0) is 7.05 Å². The number of morpholine rings is 1. The lowest BCUT2D eigenvalue weighted by Gasteiger charge is -2.29. The minimum Gasteiger partial charge on any atom is -0.374 e. The zero-order valence-corrected chi connectivity index (χ0v) is 10.8. The predicted octanol–water partition coefficient (Wildman–Crippen LogP) is -0.572. The van der Waals surface area contributed by atoms with Crippen molar-refractivity contribution in [3.05, 3.63) is 11.6 Å². The number of hydrogen-bond donors (Lipinski definition) is 2. The average Bonchev–Trinajstić information content (AvgIpc) is 2.85. The number of amides is 1. The zero-order chi connectivity index (χ0) is 13.0. The highest BCUT2D eigenvalue weighted by Crippen LogP contribution is 2.02. The largest absolute Gasteiger partial charge is 0.374 e. The van der Waals surface area contributed by atoms with Gasteiger partial charge in [0.05, 0.1) is 12.7 Å². The Morgan fingerprint density at radius 3 is 3.17 bits per heavy atom. The molecule has 0 radical (unpaired) electrons. The molecule has 2 heterocycles. The van der Waals surface area contributed by atoms with Crippen LogP contribution in [0.5, 0.6) is 0 Å². The fourth-order valence-electron chi connectivity index (χ4n) is 1.83. The quantitative estimate of drug-likeness (QED) is 0.750. The van der Waals surface area contributed by atoms with Gasteiger partial charge in [0.15, 0.2) is 0 Å². The number of likely N-dealkylation sites (N-methyl/N-ethyl adjacent to an activating group) is 1. The number of aromatic nitrogens is 3. The molecule has 2 rings (SSSR count). The molecule has 7 heteroatoms. The van der Waals surface area contributed by atoms with Crippen molar-refractivity contribution in [2.24, 2.45) is 0 Å². The van der Waals surface area contributed by atoms with Gasteiger partial charge in [0.1, 0.15) is 5.82 Å². The van der Waals surface area contributed by atoms with Gasteiger partial charge in [-0.2, -0.15) is 0 Å². The fourth-order valence-corrected chi connectivity index (χ4v) is 1.83. The first-order valence-electron chi connectivity index (χ1n) is 6.18. The monoisotopic (exact) mass is 253 g/mol. The first-order valence-corrected chi connectivity index (χ1v) is 6.18. The van der Waals surface area contributed by atoms with E-state index in [1.807, 2.05) is 14.0 Å². The summed E-state index contributed by atoms with van der Waals surface area (Å²) in [4.78, 5) is 18.0. The van der Waals surface area contributed by atoms with Crippen LogP contribution in [0, 0.1) is 0 Å². The second-order valence-electron chi connectivity index (χ2n) is 4.42. The van der Waals surface area contributed by atoms with Crippen LogP contribution < -0.4 is 5.32 Å². The number of H-pyrrole nitrogens is 1. The van der Waals surface area contributed by atoms with Crippen molar-refractivity contribution in [3.63, 3.8) is 0 Å². The summed E-state index contributed by atoms with van der Waals surface area (Å²) in [7, 11) is 2.04. The summed E-state index contributed by atoms with van der Waals surface area (Å²) in [6.45, 7) is 4.91. The molecule has 1 aliphatic heterocycles. The number of carbonyl (C=O) groups is 1. The lowest BCUT2D eigenvalue weighted by atomic mass is 10.3. The standard InChI is InChI=1S/C11H19N5O2/c1-3-9-13-10(15-14-9)11(17)12-6-8-7-16(2)4-5-18-8/h8H,3-7H2,1-2H3,(H,12,17)(H,13,14,15). The number of ether oxygens (including phenoxy) is 1. The lowest BCUT2D eigenvalue weighted by molar-refractivity contribution is -0.0175. The molecule has 0 aromatic carbocycles. The molecule has 1 fully saturated rings. The summed E-state index contributed by atoms with van der Waals surface area (Å²) in [5.41, 5.74) is 0. The molecule has 1 amide bonds. The molecular weight excluding hydrogens is 234 g/mol. The number of aryl methyl sites for hydroxylation is 1.